The van der Waals surface area contributed by atoms with Crippen molar-refractivity contribution in [2.45, 2.75) is 25.1 Å². The molecule has 0 amide bonds. The van der Waals surface area contributed by atoms with Crippen LogP contribution in [0.2, 0.25) is 0 Å². The molecule has 1 heterocycles. The molecule has 0 atom stereocenters. The maximum Gasteiger partial charge on any atom is 0.241 e. The molecule has 3 nitrogen and oxygen atoms in total. The Labute approximate surface area is 104 Å². The maximum absolute atomic E-state index is 12.9. The Balaban J connectivity index is 2.37. The van der Waals surface area contributed by atoms with E-state index in [1.54, 1.807) is 12.1 Å². The van der Waals surface area contributed by atoms with Gasteiger partial charge >= 0.3 is 0 Å². The fourth-order valence-corrected chi connectivity index (χ4v) is 1.67. The Morgan fingerprint density at radius 2 is 1.94 bits per heavy atom. The first-order valence-corrected chi connectivity index (χ1v) is 5.72. The van der Waals surface area contributed by atoms with Gasteiger partial charge in [-0.1, -0.05) is 17.3 Å². The van der Waals surface area contributed by atoms with Crippen molar-refractivity contribution in [3.63, 3.8) is 0 Å². The maximum atomic E-state index is 12.9. The SMILES string of the molecule is CC(C)(c1ccc(F)cc1)c1noc(CCl)n1. The molecule has 0 radical (unpaired) electrons. The second-order valence-electron chi connectivity index (χ2n) is 4.28. The van der Waals surface area contributed by atoms with Crippen LogP contribution in [-0.2, 0) is 11.3 Å². The van der Waals surface area contributed by atoms with E-state index >= 15 is 0 Å². The van der Waals surface area contributed by atoms with Crippen molar-refractivity contribution < 1.29 is 8.91 Å². The summed E-state index contributed by atoms with van der Waals surface area (Å²) in [4.78, 5) is 4.20. The van der Waals surface area contributed by atoms with Crippen molar-refractivity contribution in [3.8, 4) is 0 Å². The smallest absolute Gasteiger partial charge is 0.241 e. The summed E-state index contributed by atoms with van der Waals surface area (Å²) in [7, 11) is 0. The van der Waals surface area contributed by atoms with Crippen LogP contribution in [0, 0.1) is 5.82 Å². The molecule has 0 bridgehead atoms. The molecule has 1 aromatic heterocycles. The highest BCUT2D eigenvalue weighted by molar-refractivity contribution is 6.16. The van der Waals surface area contributed by atoms with Gasteiger partial charge in [0.05, 0.1) is 5.41 Å². The first kappa shape index (κ1) is 12.0. The van der Waals surface area contributed by atoms with Gasteiger partial charge in [0, 0.05) is 0 Å². The molecule has 90 valence electrons. The van der Waals surface area contributed by atoms with Gasteiger partial charge in [-0.25, -0.2) is 4.39 Å². The van der Waals surface area contributed by atoms with Gasteiger partial charge in [0.2, 0.25) is 5.89 Å². The number of aromatic nitrogens is 2. The topological polar surface area (TPSA) is 38.9 Å². The molecule has 0 saturated carbocycles. The summed E-state index contributed by atoms with van der Waals surface area (Å²) in [6.07, 6.45) is 0. The third-order valence-electron chi connectivity index (χ3n) is 2.71. The van der Waals surface area contributed by atoms with Gasteiger partial charge in [0.15, 0.2) is 5.82 Å². The van der Waals surface area contributed by atoms with Crippen LogP contribution in [0.5, 0.6) is 0 Å². The second-order valence-corrected chi connectivity index (χ2v) is 4.54. The van der Waals surface area contributed by atoms with E-state index in [1.807, 2.05) is 13.8 Å². The normalized spacial score (nSPS) is 11.8. The summed E-state index contributed by atoms with van der Waals surface area (Å²) >= 11 is 5.61. The highest BCUT2D eigenvalue weighted by atomic mass is 35.5. The standard InChI is InChI=1S/C12H12ClFN2O/c1-12(2,8-3-5-9(14)6-4-8)11-15-10(7-13)17-16-11/h3-6H,7H2,1-2H3. The summed E-state index contributed by atoms with van der Waals surface area (Å²) in [5.41, 5.74) is 0.474. The van der Waals surface area contributed by atoms with E-state index in [1.165, 1.54) is 12.1 Å². The fraction of sp³-hybridized carbons (Fsp3) is 0.333. The third-order valence-corrected chi connectivity index (χ3v) is 2.94. The van der Waals surface area contributed by atoms with Crippen molar-refractivity contribution >= 4 is 11.6 Å². The highest BCUT2D eigenvalue weighted by Gasteiger charge is 2.28. The first-order valence-electron chi connectivity index (χ1n) is 5.19. The molecule has 2 rings (SSSR count). The summed E-state index contributed by atoms with van der Waals surface area (Å²) in [5.74, 6) is 0.850. The molecular weight excluding hydrogens is 243 g/mol. The lowest BCUT2D eigenvalue weighted by atomic mass is 9.84. The van der Waals surface area contributed by atoms with Crippen molar-refractivity contribution in [2.24, 2.45) is 0 Å². The van der Waals surface area contributed by atoms with Gasteiger partial charge < -0.3 is 4.52 Å². The minimum absolute atomic E-state index is 0.187. The van der Waals surface area contributed by atoms with Gasteiger partial charge in [0.25, 0.3) is 0 Å². The van der Waals surface area contributed by atoms with E-state index in [0.717, 1.165) is 5.56 Å². The van der Waals surface area contributed by atoms with E-state index in [-0.39, 0.29) is 11.7 Å². The Bertz CT molecular complexity index is 507. The number of hydrogen-bond donors (Lipinski definition) is 0. The molecule has 1 aromatic carbocycles. The monoisotopic (exact) mass is 254 g/mol. The Morgan fingerprint density at radius 3 is 2.47 bits per heavy atom. The van der Waals surface area contributed by atoms with Crippen LogP contribution in [0.25, 0.3) is 0 Å². The molecule has 0 aliphatic carbocycles. The van der Waals surface area contributed by atoms with Crippen LogP contribution in [0.15, 0.2) is 28.8 Å². The lowest BCUT2D eigenvalue weighted by Gasteiger charge is -2.20. The van der Waals surface area contributed by atoms with Gasteiger partial charge in [-0.05, 0) is 31.5 Å². The molecule has 0 N–H and O–H groups in total. The number of alkyl halides is 1. The molecule has 5 heteroatoms. The number of halogens is 2. The van der Waals surface area contributed by atoms with E-state index in [4.69, 9.17) is 16.1 Å². The number of rotatable bonds is 3. The molecular formula is C12H12ClFN2O. The average molecular weight is 255 g/mol. The Hall–Kier alpha value is -1.42. The first-order chi connectivity index (χ1) is 8.04. The summed E-state index contributed by atoms with van der Waals surface area (Å²) in [5, 5.41) is 3.89. The van der Waals surface area contributed by atoms with Gasteiger partial charge in [0.1, 0.15) is 11.7 Å². The average Bonchev–Trinajstić information content (AvgIpc) is 2.78. The zero-order valence-electron chi connectivity index (χ0n) is 9.58. The zero-order chi connectivity index (χ0) is 12.5. The quantitative estimate of drug-likeness (QED) is 0.789. The van der Waals surface area contributed by atoms with Gasteiger partial charge in [-0.3, -0.25) is 0 Å². The van der Waals surface area contributed by atoms with E-state index in [2.05, 4.69) is 10.1 Å². The van der Waals surface area contributed by atoms with Crippen molar-refractivity contribution in [1.29, 1.82) is 0 Å². The molecule has 0 aliphatic heterocycles. The van der Waals surface area contributed by atoms with E-state index < -0.39 is 5.41 Å². The predicted octanol–water partition coefficient (Wildman–Crippen LogP) is 3.27. The van der Waals surface area contributed by atoms with Gasteiger partial charge in [-0.15, -0.1) is 11.6 Å². The van der Waals surface area contributed by atoms with Crippen LogP contribution in [0.4, 0.5) is 4.39 Å². The number of nitrogens with zero attached hydrogens (tertiary/aromatic N) is 2. The van der Waals surface area contributed by atoms with Crippen molar-refractivity contribution in [1.82, 2.24) is 10.1 Å². The van der Waals surface area contributed by atoms with Crippen LogP contribution in [-0.4, -0.2) is 10.1 Å². The van der Waals surface area contributed by atoms with E-state index in [9.17, 15) is 4.39 Å². The minimum Gasteiger partial charge on any atom is -0.338 e. The highest BCUT2D eigenvalue weighted by Crippen LogP contribution is 2.29. The van der Waals surface area contributed by atoms with Crippen LogP contribution < -0.4 is 0 Å². The summed E-state index contributed by atoms with van der Waals surface area (Å²) < 4.78 is 17.8. The fourth-order valence-electron chi connectivity index (χ4n) is 1.56. The number of hydrogen-bond acceptors (Lipinski definition) is 3. The summed E-state index contributed by atoms with van der Waals surface area (Å²) in [6, 6.07) is 6.26. The largest absolute Gasteiger partial charge is 0.338 e. The van der Waals surface area contributed by atoms with Crippen LogP contribution in [0.1, 0.15) is 31.1 Å². The Morgan fingerprint density at radius 1 is 1.29 bits per heavy atom. The summed E-state index contributed by atoms with van der Waals surface area (Å²) in [6.45, 7) is 3.90. The van der Waals surface area contributed by atoms with E-state index in [0.29, 0.717) is 11.7 Å². The van der Waals surface area contributed by atoms with Crippen LogP contribution >= 0.6 is 11.6 Å². The second kappa shape index (κ2) is 4.45. The molecule has 0 saturated heterocycles. The third kappa shape index (κ3) is 2.31. The molecule has 17 heavy (non-hydrogen) atoms. The molecule has 0 unspecified atom stereocenters. The zero-order valence-corrected chi connectivity index (χ0v) is 10.3. The van der Waals surface area contributed by atoms with Crippen molar-refractivity contribution in [3.05, 3.63) is 47.4 Å². The minimum atomic E-state index is -0.443. The predicted molar refractivity (Wildman–Crippen MR) is 62.4 cm³/mol. The van der Waals surface area contributed by atoms with Crippen LogP contribution in [0.3, 0.4) is 0 Å². The van der Waals surface area contributed by atoms with Crippen molar-refractivity contribution in [2.75, 3.05) is 0 Å². The number of benzene rings is 1. The molecule has 0 aliphatic rings. The molecule has 0 spiro atoms. The Kier molecular flexibility index (Phi) is 3.15. The molecule has 0 fully saturated rings. The molecule has 2 aromatic rings. The lowest BCUT2D eigenvalue weighted by molar-refractivity contribution is 0.375. The lowest BCUT2D eigenvalue weighted by Crippen LogP contribution is -2.20. The van der Waals surface area contributed by atoms with Gasteiger partial charge in [-0.2, -0.15) is 4.98 Å².